The van der Waals surface area contributed by atoms with Crippen LogP contribution >= 0.6 is 11.6 Å². The lowest BCUT2D eigenvalue weighted by molar-refractivity contribution is 0.480. The molecule has 3 heteroatoms. The standard InChI is InChI=1S/C13H12ClNO/c1-10-2-5-13(9-15-10)16-12-6-3-11(8-14)4-7-12/h2-7,9H,8H2,1H3. The van der Waals surface area contributed by atoms with Gasteiger partial charge in [-0.3, -0.25) is 4.98 Å². The van der Waals surface area contributed by atoms with Gasteiger partial charge in [0.1, 0.15) is 11.5 Å². The maximum Gasteiger partial charge on any atom is 0.145 e. The zero-order chi connectivity index (χ0) is 11.4. The lowest BCUT2D eigenvalue weighted by atomic mass is 10.2. The van der Waals surface area contributed by atoms with Crippen LogP contribution in [0.15, 0.2) is 42.6 Å². The molecule has 0 aliphatic heterocycles. The van der Waals surface area contributed by atoms with Crippen LogP contribution in [0.25, 0.3) is 0 Å². The summed E-state index contributed by atoms with van der Waals surface area (Å²) in [5, 5.41) is 0. The Kier molecular flexibility index (Phi) is 3.42. The summed E-state index contributed by atoms with van der Waals surface area (Å²) in [6, 6.07) is 11.5. The summed E-state index contributed by atoms with van der Waals surface area (Å²) in [6.45, 7) is 1.94. The molecule has 2 nitrogen and oxygen atoms in total. The van der Waals surface area contributed by atoms with Crippen molar-refractivity contribution in [1.29, 1.82) is 0 Å². The summed E-state index contributed by atoms with van der Waals surface area (Å²) in [5.41, 5.74) is 2.06. The van der Waals surface area contributed by atoms with E-state index in [-0.39, 0.29) is 0 Å². The van der Waals surface area contributed by atoms with Crippen LogP contribution in [0.3, 0.4) is 0 Å². The molecule has 0 aliphatic rings. The van der Waals surface area contributed by atoms with Gasteiger partial charge in [-0.2, -0.15) is 0 Å². The Bertz CT molecular complexity index is 450. The van der Waals surface area contributed by atoms with Crippen LogP contribution in [0.2, 0.25) is 0 Å². The first-order chi connectivity index (χ1) is 7.78. The molecule has 0 atom stereocenters. The van der Waals surface area contributed by atoms with Crippen LogP contribution in [0.5, 0.6) is 11.5 Å². The topological polar surface area (TPSA) is 22.1 Å². The maximum atomic E-state index is 5.71. The molecule has 0 aliphatic carbocycles. The molecule has 0 unspecified atom stereocenters. The first kappa shape index (κ1) is 11.0. The van der Waals surface area contributed by atoms with Gasteiger partial charge in [-0.1, -0.05) is 12.1 Å². The zero-order valence-corrected chi connectivity index (χ0v) is 9.74. The Labute approximate surface area is 99.9 Å². The van der Waals surface area contributed by atoms with E-state index in [4.69, 9.17) is 16.3 Å². The van der Waals surface area contributed by atoms with E-state index >= 15 is 0 Å². The number of benzene rings is 1. The SMILES string of the molecule is Cc1ccc(Oc2ccc(CCl)cc2)cn1. The van der Waals surface area contributed by atoms with E-state index in [1.165, 1.54) is 0 Å². The van der Waals surface area contributed by atoms with Gasteiger partial charge in [0.05, 0.1) is 6.20 Å². The Hall–Kier alpha value is -1.54. The number of aryl methyl sites for hydroxylation is 1. The molecule has 0 spiro atoms. The van der Waals surface area contributed by atoms with Crippen molar-refractivity contribution in [3.8, 4) is 11.5 Å². The van der Waals surface area contributed by atoms with E-state index in [1.807, 2.05) is 43.3 Å². The van der Waals surface area contributed by atoms with Crippen molar-refractivity contribution >= 4 is 11.6 Å². The average Bonchev–Trinajstić information content (AvgIpc) is 2.33. The first-order valence-corrected chi connectivity index (χ1v) is 5.57. The molecule has 82 valence electrons. The summed E-state index contributed by atoms with van der Waals surface area (Å²) in [6.07, 6.45) is 1.71. The number of hydrogen-bond donors (Lipinski definition) is 0. The van der Waals surface area contributed by atoms with Crippen molar-refractivity contribution in [3.05, 3.63) is 53.9 Å². The Morgan fingerprint density at radius 2 is 1.75 bits per heavy atom. The molecule has 16 heavy (non-hydrogen) atoms. The average molecular weight is 234 g/mol. The molecule has 0 saturated carbocycles. The van der Waals surface area contributed by atoms with Crippen LogP contribution in [-0.2, 0) is 5.88 Å². The highest BCUT2D eigenvalue weighted by molar-refractivity contribution is 6.17. The molecule has 0 saturated heterocycles. The van der Waals surface area contributed by atoms with Gasteiger partial charge in [0.25, 0.3) is 0 Å². The monoisotopic (exact) mass is 233 g/mol. The minimum absolute atomic E-state index is 0.520. The third-order valence-corrected chi connectivity index (χ3v) is 2.51. The van der Waals surface area contributed by atoms with Crippen molar-refractivity contribution in [2.45, 2.75) is 12.8 Å². The quantitative estimate of drug-likeness (QED) is 0.750. The summed E-state index contributed by atoms with van der Waals surface area (Å²) >= 11 is 5.71. The molecule has 0 bridgehead atoms. The highest BCUT2D eigenvalue weighted by atomic mass is 35.5. The Balaban J connectivity index is 2.11. The van der Waals surface area contributed by atoms with Crippen molar-refractivity contribution < 1.29 is 4.74 Å². The molecule has 1 aromatic heterocycles. The van der Waals surface area contributed by atoms with E-state index in [0.717, 1.165) is 22.8 Å². The summed E-state index contributed by atoms with van der Waals surface area (Å²) in [5.74, 6) is 2.05. The summed E-state index contributed by atoms with van der Waals surface area (Å²) < 4.78 is 5.63. The molecule has 0 N–H and O–H groups in total. The predicted molar refractivity (Wildman–Crippen MR) is 65.0 cm³/mol. The van der Waals surface area contributed by atoms with E-state index in [0.29, 0.717) is 5.88 Å². The van der Waals surface area contributed by atoms with Gasteiger partial charge in [0.2, 0.25) is 0 Å². The van der Waals surface area contributed by atoms with Crippen LogP contribution in [0, 0.1) is 6.92 Å². The Morgan fingerprint density at radius 1 is 1.06 bits per heavy atom. The zero-order valence-electron chi connectivity index (χ0n) is 8.98. The molecule has 1 heterocycles. The van der Waals surface area contributed by atoms with Gasteiger partial charge >= 0.3 is 0 Å². The molecule has 0 fully saturated rings. The van der Waals surface area contributed by atoms with Gasteiger partial charge in [0, 0.05) is 11.6 Å². The lowest BCUT2D eigenvalue weighted by Gasteiger charge is -2.05. The van der Waals surface area contributed by atoms with E-state index in [2.05, 4.69) is 4.98 Å². The molecule has 2 rings (SSSR count). The predicted octanol–water partition coefficient (Wildman–Crippen LogP) is 3.92. The molecule has 0 radical (unpaired) electrons. The van der Waals surface area contributed by atoms with Crippen LogP contribution < -0.4 is 4.74 Å². The number of alkyl halides is 1. The molecular weight excluding hydrogens is 222 g/mol. The smallest absolute Gasteiger partial charge is 0.145 e. The molecular formula is C13H12ClNO. The lowest BCUT2D eigenvalue weighted by Crippen LogP contribution is -1.87. The van der Waals surface area contributed by atoms with Gasteiger partial charge in [-0.05, 0) is 36.8 Å². The number of pyridine rings is 1. The summed E-state index contributed by atoms with van der Waals surface area (Å²) in [7, 11) is 0. The largest absolute Gasteiger partial charge is 0.456 e. The fraction of sp³-hybridized carbons (Fsp3) is 0.154. The normalized spacial score (nSPS) is 10.1. The highest BCUT2D eigenvalue weighted by Crippen LogP contribution is 2.21. The van der Waals surface area contributed by atoms with E-state index in [9.17, 15) is 0 Å². The second kappa shape index (κ2) is 4.99. The van der Waals surface area contributed by atoms with Crippen LogP contribution in [0.4, 0.5) is 0 Å². The van der Waals surface area contributed by atoms with Crippen molar-refractivity contribution in [2.75, 3.05) is 0 Å². The second-order valence-corrected chi connectivity index (χ2v) is 3.78. The molecule has 2 aromatic rings. The Morgan fingerprint density at radius 3 is 2.31 bits per heavy atom. The van der Waals surface area contributed by atoms with Crippen LogP contribution in [0.1, 0.15) is 11.3 Å². The first-order valence-electron chi connectivity index (χ1n) is 5.03. The fourth-order valence-electron chi connectivity index (χ4n) is 1.30. The number of nitrogens with zero attached hydrogens (tertiary/aromatic N) is 1. The van der Waals surface area contributed by atoms with Crippen LogP contribution in [-0.4, -0.2) is 4.98 Å². The number of hydrogen-bond acceptors (Lipinski definition) is 2. The van der Waals surface area contributed by atoms with Crippen molar-refractivity contribution in [3.63, 3.8) is 0 Å². The minimum atomic E-state index is 0.520. The number of rotatable bonds is 3. The van der Waals surface area contributed by atoms with Gasteiger partial charge < -0.3 is 4.74 Å². The minimum Gasteiger partial charge on any atom is -0.456 e. The summed E-state index contributed by atoms with van der Waals surface area (Å²) in [4.78, 5) is 4.16. The van der Waals surface area contributed by atoms with Crippen molar-refractivity contribution in [2.24, 2.45) is 0 Å². The fourth-order valence-corrected chi connectivity index (χ4v) is 1.48. The molecule has 1 aromatic carbocycles. The number of aromatic nitrogens is 1. The third kappa shape index (κ3) is 2.74. The number of ether oxygens (including phenoxy) is 1. The van der Waals surface area contributed by atoms with E-state index < -0.39 is 0 Å². The van der Waals surface area contributed by atoms with Crippen molar-refractivity contribution in [1.82, 2.24) is 4.98 Å². The third-order valence-electron chi connectivity index (χ3n) is 2.20. The van der Waals surface area contributed by atoms with E-state index in [1.54, 1.807) is 6.20 Å². The van der Waals surface area contributed by atoms with Gasteiger partial charge in [0.15, 0.2) is 0 Å². The molecule has 0 amide bonds. The highest BCUT2D eigenvalue weighted by Gasteiger charge is 1.97. The maximum absolute atomic E-state index is 5.71. The van der Waals surface area contributed by atoms with Gasteiger partial charge in [-0.15, -0.1) is 11.6 Å². The number of halogens is 1. The van der Waals surface area contributed by atoms with Gasteiger partial charge in [-0.25, -0.2) is 0 Å². The second-order valence-electron chi connectivity index (χ2n) is 3.51.